The maximum absolute atomic E-state index is 12.9. The third-order valence-electron chi connectivity index (χ3n) is 4.06. The average molecular weight is 323 g/mol. The van der Waals surface area contributed by atoms with Gasteiger partial charge in [0.05, 0.1) is 12.8 Å². The number of carbonyl (C=O) groups is 1. The van der Waals surface area contributed by atoms with E-state index in [0.717, 1.165) is 17.9 Å². The lowest BCUT2D eigenvalue weighted by Crippen LogP contribution is -2.32. The van der Waals surface area contributed by atoms with E-state index in [9.17, 15) is 4.79 Å². The van der Waals surface area contributed by atoms with Crippen molar-refractivity contribution in [3.05, 3.63) is 77.5 Å². The molecule has 1 aromatic carbocycles. The maximum atomic E-state index is 12.9. The average Bonchev–Trinajstić information content (AvgIpc) is 3.22. The SMILES string of the molecule is Cc1cc(C(=O)N(CCc2ccccc2)Cc2ccco2)nn1C. The fraction of sp³-hybridized carbons (Fsp3) is 0.263. The molecule has 24 heavy (non-hydrogen) atoms. The Labute approximate surface area is 141 Å². The summed E-state index contributed by atoms with van der Waals surface area (Å²) in [4.78, 5) is 14.7. The Bertz CT molecular complexity index is 772. The summed E-state index contributed by atoms with van der Waals surface area (Å²) in [6, 6.07) is 15.7. The van der Waals surface area contributed by atoms with Gasteiger partial charge in [0.1, 0.15) is 5.76 Å². The molecule has 3 aromatic rings. The normalized spacial score (nSPS) is 10.8. The predicted molar refractivity (Wildman–Crippen MR) is 91.5 cm³/mol. The van der Waals surface area contributed by atoms with Gasteiger partial charge in [-0.25, -0.2) is 0 Å². The van der Waals surface area contributed by atoms with Gasteiger partial charge in [0.15, 0.2) is 5.69 Å². The molecule has 0 N–H and O–H groups in total. The van der Waals surface area contributed by atoms with Crippen LogP contribution in [0.3, 0.4) is 0 Å². The van der Waals surface area contributed by atoms with Gasteiger partial charge in [-0.1, -0.05) is 30.3 Å². The first-order chi connectivity index (χ1) is 11.6. The summed E-state index contributed by atoms with van der Waals surface area (Å²) in [6.07, 6.45) is 2.42. The van der Waals surface area contributed by atoms with Crippen LogP contribution in [-0.2, 0) is 20.0 Å². The number of furan rings is 1. The van der Waals surface area contributed by atoms with Crippen molar-refractivity contribution in [2.75, 3.05) is 6.54 Å². The molecule has 3 rings (SSSR count). The van der Waals surface area contributed by atoms with Crippen LogP contribution in [0.15, 0.2) is 59.2 Å². The van der Waals surface area contributed by atoms with Crippen molar-refractivity contribution in [3.8, 4) is 0 Å². The number of benzene rings is 1. The summed E-state index contributed by atoms with van der Waals surface area (Å²) >= 11 is 0. The topological polar surface area (TPSA) is 51.3 Å². The zero-order chi connectivity index (χ0) is 16.9. The van der Waals surface area contributed by atoms with Crippen molar-refractivity contribution in [2.24, 2.45) is 7.05 Å². The summed E-state index contributed by atoms with van der Waals surface area (Å²) in [6.45, 7) is 2.98. The molecule has 0 atom stereocenters. The number of carbonyl (C=O) groups excluding carboxylic acids is 1. The highest BCUT2D eigenvalue weighted by Gasteiger charge is 2.20. The van der Waals surface area contributed by atoms with Crippen LogP contribution in [-0.4, -0.2) is 27.1 Å². The maximum Gasteiger partial charge on any atom is 0.274 e. The van der Waals surface area contributed by atoms with Crippen LogP contribution in [0.5, 0.6) is 0 Å². The molecule has 2 aromatic heterocycles. The number of aromatic nitrogens is 2. The molecule has 1 amide bonds. The molecule has 5 heteroatoms. The van der Waals surface area contributed by atoms with Crippen LogP contribution >= 0.6 is 0 Å². The van der Waals surface area contributed by atoms with Crippen LogP contribution in [0.4, 0.5) is 0 Å². The van der Waals surface area contributed by atoms with Gasteiger partial charge >= 0.3 is 0 Å². The standard InChI is InChI=1S/C19H21N3O2/c1-15-13-18(20-21(15)2)19(23)22(14-17-9-6-12-24-17)11-10-16-7-4-3-5-8-16/h3-9,12-13H,10-11,14H2,1-2H3. The fourth-order valence-corrected chi connectivity index (χ4v) is 2.58. The van der Waals surface area contributed by atoms with Gasteiger partial charge in [0.25, 0.3) is 5.91 Å². The number of nitrogens with zero attached hydrogens (tertiary/aromatic N) is 3. The van der Waals surface area contributed by atoms with E-state index in [1.165, 1.54) is 5.56 Å². The third kappa shape index (κ3) is 3.74. The van der Waals surface area contributed by atoms with Crippen molar-refractivity contribution in [1.82, 2.24) is 14.7 Å². The Morgan fingerprint density at radius 1 is 1.21 bits per heavy atom. The van der Waals surface area contributed by atoms with E-state index < -0.39 is 0 Å². The van der Waals surface area contributed by atoms with Crippen LogP contribution in [0.1, 0.15) is 27.5 Å². The molecule has 0 saturated carbocycles. The van der Waals surface area contributed by atoms with Gasteiger partial charge in [0, 0.05) is 19.3 Å². The summed E-state index contributed by atoms with van der Waals surface area (Å²) in [5.41, 5.74) is 2.63. The van der Waals surface area contributed by atoms with Gasteiger partial charge < -0.3 is 9.32 Å². The van der Waals surface area contributed by atoms with Crippen molar-refractivity contribution in [1.29, 1.82) is 0 Å². The predicted octanol–water partition coefficient (Wildman–Crippen LogP) is 3.21. The van der Waals surface area contributed by atoms with E-state index in [1.54, 1.807) is 15.8 Å². The molecule has 2 heterocycles. The largest absolute Gasteiger partial charge is 0.467 e. The number of aryl methyl sites for hydroxylation is 2. The molecule has 0 spiro atoms. The smallest absolute Gasteiger partial charge is 0.274 e. The molecular formula is C19H21N3O2. The number of rotatable bonds is 6. The highest BCUT2D eigenvalue weighted by Crippen LogP contribution is 2.12. The Hall–Kier alpha value is -2.82. The lowest BCUT2D eigenvalue weighted by molar-refractivity contribution is 0.0726. The molecule has 0 aliphatic carbocycles. The second-order valence-electron chi connectivity index (χ2n) is 5.84. The second kappa shape index (κ2) is 7.17. The number of amides is 1. The van der Waals surface area contributed by atoms with Crippen LogP contribution in [0, 0.1) is 6.92 Å². The van der Waals surface area contributed by atoms with E-state index in [2.05, 4.69) is 17.2 Å². The number of hydrogen-bond acceptors (Lipinski definition) is 3. The first-order valence-corrected chi connectivity index (χ1v) is 7.99. The molecule has 5 nitrogen and oxygen atoms in total. The summed E-state index contributed by atoms with van der Waals surface area (Å²) < 4.78 is 7.13. The van der Waals surface area contributed by atoms with Crippen molar-refractivity contribution in [3.63, 3.8) is 0 Å². The van der Waals surface area contributed by atoms with E-state index in [-0.39, 0.29) is 5.91 Å². The molecule has 0 fully saturated rings. The molecule has 0 saturated heterocycles. The summed E-state index contributed by atoms with van der Waals surface area (Å²) in [7, 11) is 1.84. The summed E-state index contributed by atoms with van der Waals surface area (Å²) in [5.74, 6) is 0.690. The first-order valence-electron chi connectivity index (χ1n) is 7.99. The zero-order valence-electron chi connectivity index (χ0n) is 14.0. The van der Waals surface area contributed by atoms with Gasteiger partial charge in [-0.15, -0.1) is 0 Å². The molecule has 0 bridgehead atoms. The molecule has 0 aliphatic heterocycles. The monoisotopic (exact) mass is 323 g/mol. The van der Waals surface area contributed by atoms with E-state index in [1.807, 2.05) is 50.4 Å². The Morgan fingerprint density at radius 2 is 2.00 bits per heavy atom. The fourth-order valence-electron chi connectivity index (χ4n) is 2.58. The highest BCUT2D eigenvalue weighted by atomic mass is 16.3. The van der Waals surface area contributed by atoms with Crippen molar-refractivity contribution in [2.45, 2.75) is 19.9 Å². The van der Waals surface area contributed by atoms with Gasteiger partial charge in [-0.05, 0) is 37.1 Å². The van der Waals surface area contributed by atoms with Gasteiger partial charge in [-0.2, -0.15) is 5.10 Å². The minimum absolute atomic E-state index is 0.0777. The lowest BCUT2D eigenvalue weighted by Gasteiger charge is -2.20. The molecule has 0 radical (unpaired) electrons. The van der Waals surface area contributed by atoms with Crippen LogP contribution in [0.25, 0.3) is 0 Å². The Balaban J connectivity index is 1.77. The zero-order valence-corrected chi connectivity index (χ0v) is 14.0. The molecular weight excluding hydrogens is 302 g/mol. The van der Waals surface area contributed by atoms with E-state index in [0.29, 0.717) is 18.8 Å². The lowest BCUT2D eigenvalue weighted by atomic mass is 10.1. The van der Waals surface area contributed by atoms with E-state index in [4.69, 9.17) is 4.42 Å². The highest BCUT2D eigenvalue weighted by molar-refractivity contribution is 5.92. The third-order valence-corrected chi connectivity index (χ3v) is 4.06. The van der Waals surface area contributed by atoms with E-state index >= 15 is 0 Å². The first kappa shape index (κ1) is 16.1. The Kier molecular flexibility index (Phi) is 4.79. The van der Waals surface area contributed by atoms with Gasteiger partial charge in [-0.3, -0.25) is 9.48 Å². The minimum Gasteiger partial charge on any atom is -0.467 e. The molecule has 0 aliphatic rings. The molecule has 0 unspecified atom stereocenters. The Morgan fingerprint density at radius 3 is 2.62 bits per heavy atom. The van der Waals surface area contributed by atoms with Crippen LogP contribution in [0.2, 0.25) is 0 Å². The second-order valence-corrected chi connectivity index (χ2v) is 5.84. The minimum atomic E-state index is -0.0777. The van der Waals surface area contributed by atoms with Crippen LogP contribution < -0.4 is 0 Å². The summed E-state index contributed by atoms with van der Waals surface area (Å²) in [5, 5.41) is 4.31. The van der Waals surface area contributed by atoms with Crippen molar-refractivity contribution >= 4 is 5.91 Å². The van der Waals surface area contributed by atoms with Crippen molar-refractivity contribution < 1.29 is 9.21 Å². The number of hydrogen-bond donors (Lipinski definition) is 0. The quantitative estimate of drug-likeness (QED) is 0.700. The van der Waals surface area contributed by atoms with Gasteiger partial charge in [0.2, 0.25) is 0 Å². The molecule has 124 valence electrons.